The highest BCUT2D eigenvalue weighted by Crippen LogP contribution is 2.16. The second kappa shape index (κ2) is 14.6. The van der Waals surface area contributed by atoms with Gasteiger partial charge < -0.3 is 25.8 Å². The van der Waals surface area contributed by atoms with Crippen LogP contribution < -0.4 is 31.5 Å². The Morgan fingerprint density at radius 1 is 1.32 bits per heavy atom. The molecule has 1 amide bonds. The number of carbonyl (C=O) groups excluding carboxylic acids is 1. The quantitative estimate of drug-likeness (QED) is 0.261. The van der Waals surface area contributed by atoms with Crippen LogP contribution in [0, 0.1) is 5.82 Å². The third-order valence-corrected chi connectivity index (χ3v) is 4.25. The van der Waals surface area contributed by atoms with E-state index in [4.69, 9.17) is 14.3 Å². The van der Waals surface area contributed by atoms with Gasteiger partial charge in [-0.05, 0) is 50.6 Å². The summed E-state index contributed by atoms with van der Waals surface area (Å²) in [6.45, 7) is 9.93. The van der Waals surface area contributed by atoms with E-state index in [1.807, 2.05) is 0 Å². The molecule has 4 N–H and O–H groups in total. The van der Waals surface area contributed by atoms with Crippen LogP contribution in [0.4, 0.5) is 20.3 Å². The maximum absolute atomic E-state index is 14.9. The van der Waals surface area contributed by atoms with Crippen molar-refractivity contribution in [2.75, 3.05) is 37.5 Å². The van der Waals surface area contributed by atoms with E-state index in [2.05, 4.69) is 32.9 Å². The molecule has 1 aromatic heterocycles. The number of nitrogens with zero attached hydrogens (tertiary/aromatic N) is 2. The molecule has 0 radical (unpaired) electrons. The molecule has 10 heteroatoms. The number of amides is 1. The third kappa shape index (κ3) is 10.4. The normalized spacial score (nSPS) is 11.9. The monoisotopic (exact) mass is 477 g/mol. The molecule has 0 bridgehead atoms. The van der Waals surface area contributed by atoms with Crippen LogP contribution in [0.15, 0.2) is 35.5 Å². The minimum Gasteiger partial charge on any atom is -0.491 e. The number of rotatable bonds is 11. The second-order valence-corrected chi connectivity index (χ2v) is 7.61. The predicted molar refractivity (Wildman–Crippen MR) is 133 cm³/mol. The van der Waals surface area contributed by atoms with Gasteiger partial charge in [0.15, 0.2) is 0 Å². The third-order valence-electron chi connectivity index (χ3n) is 4.25. The molecule has 0 unspecified atom stereocenters. The van der Waals surface area contributed by atoms with Gasteiger partial charge in [-0.15, -0.1) is 0 Å². The lowest BCUT2D eigenvalue weighted by molar-refractivity contribution is -0.106. The lowest BCUT2D eigenvalue weighted by atomic mass is 10.1. The number of primary amides is 1. The number of pyridine rings is 1. The molecule has 186 valence electrons. The maximum Gasteiger partial charge on any atom is 0.204 e. The van der Waals surface area contributed by atoms with Gasteiger partial charge in [-0.3, -0.25) is 4.79 Å². The number of anilines is 2. The number of aromatic nitrogens is 1. The van der Waals surface area contributed by atoms with Crippen LogP contribution in [0.1, 0.15) is 27.2 Å². The van der Waals surface area contributed by atoms with Crippen molar-refractivity contribution in [1.82, 2.24) is 4.98 Å². The van der Waals surface area contributed by atoms with Crippen LogP contribution in [0.3, 0.4) is 0 Å². The summed E-state index contributed by atoms with van der Waals surface area (Å²) in [5, 5.41) is 6.83. The Kier molecular flexibility index (Phi) is 12.2. The van der Waals surface area contributed by atoms with E-state index >= 15 is 0 Å². The standard InChI is InChI=1S/C23H30F2N4O2.CH3NO/c1-6-26-22(21-16(2)13-18(14-19(21)24)31-12-11-30-5)29-17-7-8-20(28-15-17)27-10-9-23(3,4)25;2-1-3/h6-8,13-15,29H,2,9-12H2,1,3-5H3,(H,27,28);1H,(H2,2,3)/b22-21-,26-6-;. The fourth-order valence-corrected chi connectivity index (χ4v) is 2.71. The Hall–Kier alpha value is -3.53. The fraction of sp³-hybridized carbons (Fsp3) is 0.375. The molecule has 0 saturated heterocycles. The second-order valence-electron chi connectivity index (χ2n) is 7.61. The highest BCUT2D eigenvalue weighted by molar-refractivity contribution is 5.71. The van der Waals surface area contributed by atoms with Crippen molar-refractivity contribution in [3.8, 4) is 5.75 Å². The van der Waals surface area contributed by atoms with E-state index in [0.717, 1.165) is 0 Å². The first-order valence-corrected chi connectivity index (χ1v) is 10.6. The van der Waals surface area contributed by atoms with Crippen molar-refractivity contribution in [2.24, 2.45) is 10.7 Å². The van der Waals surface area contributed by atoms with Crippen molar-refractivity contribution < 1.29 is 23.0 Å². The largest absolute Gasteiger partial charge is 0.491 e. The Balaban J connectivity index is 0.00000182. The van der Waals surface area contributed by atoms with Crippen LogP contribution in [-0.2, 0) is 9.53 Å². The summed E-state index contributed by atoms with van der Waals surface area (Å²) < 4.78 is 38.8. The average molecular weight is 478 g/mol. The molecule has 8 nitrogen and oxygen atoms in total. The highest BCUT2D eigenvalue weighted by Gasteiger charge is 2.14. The molecule has 0 atom stereocenters. The highest BCUT2D eigenvalue weighted by atomic mass is 19.1. The van der Waals surface area contributed by atoms with Crippen LogP contribution in [0.5, 0.6) is 5.75 Å². The van der Waals surface area contributed by atoms with Crippen molar-refractivity contribution in [2.45, 2.75) is 32.9 Å². The molecule has 2 aromatic rings. The summed E-state index contributed by atoms with van der Waals surface area (Å²) >= 11 is 0. The van der Waals surface area contributed by atoms with E-state index in [0.29, 0.717) is 54.5 Å². The molecule has 0 saturated carbocycles. The Bertz CT molecular complexity index is 1040. The van der Waals surface area contributed by atoms with Crippen molar-refractivity contribution in [1.29, 1.82) is 0 Å². The molecule has 2 rings (SSSR count). The zero-order valence-electron chi connectivity index (χ0n) is 20.0. The summed E-state index contributed by atoms with van der Waals surface area (Å²) in [7, 11) is 1.57. The van der Waals surface area contributed by atoms with Crippen molar-refractivity contribution in [3.05, 3.63) is 46.7 Å². The number of aliphatic imine (C=N–C) groups is 1. The van der Waals surface area contributed by atoms with Crippen LogP contribution in [0.2, 0.25) is 0 Å². The topological polar surface area (TPSA) is 111 Å². The van der Waals surface area contributed by atoms with Gasteiger partial charge in [-0.1, -0.05) is 6.58 Å². The smallest absolute Gasteiger partial charge is 0.204 e. The van der Waals surface area contributed by atoms with Gasteiger partial charge in [0.1, 0.15) is 35.5 Å². The average Bonchev–Trinajstić information content (AvgIpc) is 2.74. The molecule has 0 aliphatic carbocycles. The predicted octanol–water partition coefficient (Wildman–Crippen LogP) is 2.58. The van der Waals surface area contributed by atoms with Gasteiger partial charge >= 0.3 is 0 Å². The van der Waals surface area contributed by atoms with Gasteiger partial charge in [0.25, 0.3) is 0 Å². The number of ether oxygens (including phenoxy) is 2. The number of halogens is 2. The SMILES string of the molecule is C=c1cc(OCCOC)cc(F)/c1=C(/N=C\C)Nc1ccc(NCCC(C)(C)F)nc1.NC=O. The number of nitrogens with two attached hydrogens (primary N) is 1. The first-order valence-electron chi connectivity index (χ1n) is 10.6. The number of benzene rings is 1. The summed E-state index contributed by atoms with van der Waals surface area (Å²) in [4.78, 5) is 17.2. The van der Waals surface area contributed by atoms with Gasteiger partial charge in [0, 0.05) is 25.9 Å². The molecule has 1 heterocycles. The molecule has 0 fully saturated rings. The van der Waals surface area contributed by atoms with Crippen LogP contribution in [0.25, 0.3) is 12.4 Å². The molecule has 0 aliphatic rings. The lowest BCUT2D eigenvalue weighted by Crippen LogP contribution is -2.31. The zero-order valence-corrected chi connectivity index (χ0v) is 20.0. The van der Waals surface area contributed by atoms with Crippen LogP contribution >= 0.6 is 0 Å². The maximum atomic E-state index is 14.9. The van der Waals surface area contributed by atoms with Gasteiger partial charge in [0.2, 0.25) is 6.41 Å². The van der Waals surface area contributed by atoms with Gasteiger partial charge in [-0.2, -0.15) is 0 Å². The lowest BCUT2D eigenvalue weighted by Gasteiger charge is -2.14. The number of hydrogen-bond acceptors (Lipinski definition) is 7. The number of nitrogens with one attached hydrogen (secondary N) is 2. The van der Waals surface area contributed by atoms with E-state index in [1.54, 1.807) is 44.6 Å². The number of carbonyl (C=O) groups is 1. The van der Waals surface area contributed by atoms with Crippen LogP contribution in [-0.4, -0.2) is 50.1 Å². The first-order chi connectivity index (χ1) is 16.1. The van der Waals surface area contributed by atoms with Crippen molar-refractivity contribution >= 4 is 36.5 Å². The van der Waals surface area contributed by atoms with E-state index < -0.39 is 11.5 Å². The molecule has 0 spiro atoms. The van der Waals surface area contributed by atoms with Crippen molar-refractivity contribution in [3.63, 3.8) is 0 Å². The number of hydrogen-bond donors (Lipinski definition) is 3. The molecule has 0 aliphatic heterocycles. The minimum absolute atomic E-state index is 0.240. The van der Waals surface area contributed by atoms with E-state index in [9.17, 15) is 8.78 Å². The molecular weight excluding hydrogens is 444 g/mol. The van der Waals surface area contributed by atoms with E-state index in [1.165, 1.54) is 19.9 Å². The Labute approximate surface area is 198 Å². The summed E-state index contributed by atoms with van der Waals surface area (Å²) in [5.41, 5.74) is 3.55. The Morgan fingerprint density at radius 2 is 2.03 bits per heavy atom. The summed E-state index contributed by atoms with van der Waals surface area (Å²) in [6.07, 6.45) is 3.78. The first kappa shape index (κ1) is 28.5. The van der Waals surface area contributed by atoms with Gasteiger partial charge in [0.05, 0.1) is 23.7 Å². The summed E-state index contributed by atoms with van der Waals surface area (Å²) in [5.74, 6) is 0.789. The Morgan fingerprint density at radius 3 is 2.56 bits per heavy atom. The molecular formula is C24H33F2N5O3. The molecule has 1 aromatic carbocycles. The number of alkyl halides is 1. The van der Waals surface area contributed by atoms with E-state index in [-0.39, 0.29) is 11.6 Å². The number of methoxy groups -OCH3 is 1. The fourth-order valence-electron chi connectivity index (χ4n) is 2.71. The summed E-state index contributed by atoms with van der Waals surface area (Å²) in [6, 6.07) is 6.49. The minimum atomic E-state index is -1.24. The zero-order chi connectivity index (χ0) is 25.6. The van der Waals surface area contributed by atoms with Gasteiger partial charge in [-0.25, -0.2) is 18.8 Å². The molecule has 34 heavy (non-hydrogen) atoms.